The van der Waals surface area contributed by atoms with Crippen LogP contribution in [0.15, 0.2) is 137 Å². The van der Waals surface area contributed by atoms with E-state index in [1.54, 1.807) is 0 Å². The summed E-state index contributed by atoms with van der Waals surface area (Å²) >= 11 is 3.88. The molecule has 1 atom stereocenters. The van der Waals surface area contributed by atoms with Crippen LogP contribution in [0, 0.1) is 6.92 Å². The second-order valence-electron chi connectivity index (χ2n) is 11.9. The fraction of sp³-hybridized carbons (Fsp3) is 0.150. The summed E-state index contributed by atoms with van der Waals surface area (Å²) in [4.78, 5) is 10.1. The van der Waals surface area contributed by atoms with Crippen LogP contribution in [0.4, 0.5) is 17.2 Å². The Balaban J connectivity index is 1.31. The Hall–Kier alpha value is -5.34. The molecular formula is C40H34BrN5O2. The lowest BCUT2D eigenvalue weighted by atomic mass is 9.95. The summed E-state index contributed by atoms with van der Waals surface area (Å²) < 4.78 is 15.5. The molecule has 0 amide bonds. The molecule has 1 aromatic heterocycles. The first-order valence-corrected chi connectivity index (χ1v) is 17.0. The summed E-state index contributed by atoms with van der Waals surface area (Å²) in [7, 11) is 0. The van der Waals surface area contributed by atoms with E-state index in [-0.39, 0.29) is 6.04 Å². The van der Waals surface area contributed by atoms with Gasteiger partial charge in [-0.25, -0.2) is 4.68 Å². The van der Waals surface area contributed by atoms with E-state index in [1.165, 1.54) is 5.56 Å². The zero-order valence-electron chi connectivity index (χ0n) is 26.8. The zero-order valence-corrected chi connectivity index (χ0v) is 28.3. The van der Waals surface area contributed by atoms with Crippen molar-refractivity contribution in [2.45, 2.75) is 33.0 Å². The summed E-state index contributed by atoms with van der Waals surface area (Å²) in [5, 5.41) is 5.09. The molecule has 8 heteroatoms. The van der Waals surface area contributed by atoms with Crippen LogP contribution in [0.3, 0.4) is 0 Å². The van der Waals surface area contributed by atoms with Gasteiger partial charge >= 0.3 is 0 Å². The molecule has 0 radical (unpaired) electrons. The molecule has 7 nitrogen and oxygen atoms in total. The Kier molecular flexibility index (Phi) is 7.94. The van der Waals surface area contributed by atoms with Gasteiger partial charge in [-0.3, -0.25) is 4.90 Å². The zero-order chi connectivity index (χ0) is 32.6. The molecule has 6 aromatic rings. The third kappa shape index (κ3) is 5.32. The molecule has 0 N–H and O–H groups in total. The number of para-hydroxylation sites is 3. The molecular weight excluding hydrogens is 662 g/mol. The quantitative estimate of drug-likeness (QED) is 0.151. The number of ether oxygens (including phenoxy) is 2. The van der Waals surface area contributed by atoms with E-state index in [4.69, 9.17) is 19.6 Å². The SMILES string of the molecule is CCOc1cc(C2c3c(C)nn(-c4ccccc4)c3N=C3N(Cc4ccccc4)c4ccccc4N32)cc(Br)c1OCc1ccccc1. The Bertz CT molecular complexity index is 2120. The molecule has 238 valence electrons. The minimum absolute atomic E-state index is 0.245. The molecule has 0 aliphatic carbocycles. The Morgan fingerprint density at radius 2 is 1.40 bits per heavy atom. The Labute approximate surface area is 288 Å². The molecule has 2 aliphatic rings. The maximum absolute atomic E-state index is 6.40. The van der Waals surface area contributed by atoms with Crippen LogP contribution in [0.25, 0.3) is 5.69 Å². The van der Waals surface area contributed by atoms with Crippen molar-refractivity contribution in [2.24, 2.45) is 4.99 Å². The molecule has 3 heterocycles. The monoisotopic (exact) mass is 695 g/mol. The van der Waals surface area contributed by atoms with Crippen LogP contribution < -0.4 is 19.3 Å². The van der Waals surface area contributed by atoms with Gasteiger partial charge < -0.3 is 14.4 Å². The van der Waals surface area contributed by atoms with Crippen LogP contribution in [0.1, 0.15) is 40.9 Å². The lowest BCUT2D eigenvalue weighted by Gasteiger charge is -2.35. The van der Waals surface area contributed by atoms with E-state index in [2.05, 4.69) is 124 Å². The molecule has 0 saturated carbocycles. The highest BCUT2D eigenvalue weighted by Gasteiger charge is 2.45. The topological polar surface area (TPSA) is 55.1 Å². The van der Waals surface area contributed by atoms with Gasteiger partial charge in [-0.05, 0) is 82.9 Å². The van der Waals surface area contributed by atoms with Gasteiger partial charge in [0.1, 0.15) is 6.61 Å². The molecule has 0 saturated heterocycles. The number of anilines is 2. The number of benzene rings is 5. The molecule has 0 spiro atoms. The number of nitrogens with zero attached hydrogens (tertiary/aromatic N) is 5. The fourth-order valence-corrected chi connectivity index (χ4v) is 7.23. The van der Waals surface area contributed by atoms with Crippen molar-refractivity contribution in [1.29, 1.82) is 0 Å². The lowest BCUT2D eigenvalue weighted by Crippen LogP contribution is -2.42. The number of aryl methyl sites for hydroxylation is 1. The molecule has 48 heavy (non-hydrogen) atoms. The van der Waals surface area contributed by atoms with Gasteiger partial charge in [0, 0.05) is 5.56 Å². The summed E-state index contributed by atoms with van der Waals surface area (Å²) in [5.74, 6) is 3.04. The summed E-state index contributed by atoms with van der Waals surface area (Å²) in [5.41, 5.74) is 8.46. The molecule has 1 unspecified atom stereocenters. The maximum atomic E-state index is 6.40. The third-order valence-electron chi connectivity index (χ3n) is 8.77. The number of hydrogen-bond donors (Lipinski definition) is 0. The molecule has 0 bridgehead atoms. The van der Waals surface area contributed by atoms with Crippen LogP contribution in [0.2, 0.25) is 0 Å². The van der Waals surface area contributed by atoms with Crippen molar-refractivity contribution in [3.8, 4) is 17.2 Å². The number of aromatic nitrogens is 2. The minimum Gasteiger partial charge on any atom is -0.490 e. The molecule has 0 fully saturated rings. The van der Waals surface area contributed by atoms with Gasteiger partial charge in [-0.2, -0.15) is 10.1 Å². The van der Waals surface area contributed by atoms with Gasteiger partial charge in [0.15, 0.2) is 17.3 Å². The van der Waals surface area contributed by atoms with Crippen LogP contribution in [-0.4, -0.2) is 22.3 Å². The second kappa shape index (κ2) is 12.7. The Morgan fingerprint density at radius 3 is 2.10 bits per heavy atom. The van der Waals surface area contributed by atoms with Crippen LogP contribution >= 0.6 is 15.9 Å². The number of aliphatic imine (C=N–C) groups is 1. The van der Waals surface area contributed by atoms with Crippen LogP contribution in [0.5, 0.6) is 11.5 Å². The van der Waals surface area contributed by atoms with Gasteiger partial charge in [-0.1, -0.05) is 91.0 Å². The van der Waals surface area contributed by atoms with E-state index in [9.17, 15) is 0 Å². The number of halogens is 1. The highest BCUT2D eigenvalue weighted by molar-refractivity contribution is 9.10. The minimum atomic E-state index is -0.245. The summed E-state index contributed by atoms with van der Waals surface area (Å²) in [6.07, 6.45) is 0. The van der Waals surface area contributed by atoms with Crippen molar-refractivity contribution < 1.29 is 9.47 Å². The lowest BCUT2D eigenvalue weighted by molar-refractivity contribution is 0.267. The van der Waals surface area contributed by atoms with E-state index in [1.807, 2.05) is 48.0 Å². The van der Waals surface area contributed by atoms with Gasteiger partial charge in [0.2, 0.25) is 5.96 Å². The second-order valence-corrected chi connectivity index (χ2v) is 12.7. The van der Waals surface area contributed by atoms with Crippen molar-refractivity contribution in [2.75, 3.05) is 16.4 Å². The first-order valence-electron chi connectivity index (χ1n) is 16.2. The largest absolute Gasteiger partial charge is 0.490 e. The summed E-state index contributed by atoms with van der Waals surface area (Å²) in [6, 6.07) is 43.5. The first kappa shape index (κ1) is 30.0. The molecule has 8 rings (SSSR count). The average molecular weight is 697 g/mol. The first-order chi connectivity index (χ1) is 23.6. The van der Waals surface area contributed by atoms with Crippen molar-refractivity contribution >= 4 is 39.1 Å². The van der Waals surface area contributed by atoms with E-state index >= 15 is 0 Å². The predicted molar refractivity (Wildman–Crippen MR) is 195 cm³/mol. The normalized spacial score (nSPS) is 14.6. The third-order valence-corrected chi connectivity index (χ3v) is 9.35. The number of rotatable bonds is 9. The van der Waals surface area contributed by atoms with E-state index < -0.39 is 0 Å². The number of guanidine groups is 1. The van der Waals surface area contributed by atoms with Crippen molar-refractivity contribution in [3.05, 3.63) is 160 Å². The smallest absolute Gasteiger partial charge is 0.213 e. The number of fused-ring (bicyclic) bond motifs is 4. The van der Waals surface area contributed by atoms with Gasteiger partial charge in [0.25, 0.3) is 0 Å². The Morgan fingerprint density at radius 1 is 0.750 bits per heavy atom. The highest BCUT2D eigenvalue weighted by atomic mass is 79.9. The van der Waals surface area contributed by atoms with Crippen LogP contribution in [-0.2, 0) is 13.2 Å². The highest BCUT2D eigenvalue weighted by Crippen LogP contribution is 2.52. The predicted octanol–water partition coefficient (Wildman–Crippen LogP) is 9.54. The van der Waals surface area contributed by atoms with Gasteiger partial charge in [0.05, 0.1) is 46.4 Å². The maximum Gasteiger partial charge on any atom is 0.213 e. The average Bonchev–Trinajstić information content (AvgIpc) is 3.62. The molecule has 2 aliphatic heterocycles. The van der Waals surface area contributed by atoms with E-state index in [0.717, 1.165) is 55.7 Å². The van der Waals surface area contributed by atoms with Crippen molar-refractivity contribution in [1.82, 2.24) is 9.78 Å². The standard InChI is InChI=1S/C40H34BrN5O2/c1-3-47-35-24-30(23-32(41)38(35)48-26-29-17-9-5-10-18-29)37-36-27(2)43-46(31-19-11-6-12-20-31)39(36)42-40-44(25-28-15-7-4-8-16-28)33-21-13-14-22-34(33)45(37)40/h4-24,37H,3,25-26H2,1-2H3. The summed E-state index contributed by atoms with van der Waals surface area (Å²) in [6.45, 7) is 5.68. The number of hydrogen-bond acceptors (Lipinski definition) is 6. The fourth-order valence-electron chi connectivity index (χ4n) is 6.65. The van der Waals surface area contributed by atoms with E-state index in [0.29, 0.717) is 31.3 Å². The van der Waals surface area contributed by atoms with Gasteiger partial charge in [-0.15, -0.1) is 0 Å². The molecule has 5 aromatic carbocycles. The van der Waals surface area contributed by atoms with Crippen molar-refractivity contribution in [3.63, 3.8) is 0 Å².